The van der Waals surface area contributed by atoms with Gasteiger partial charge in [-0.05, 0) is 55.5 Å². The Bertz CT molecular complexity index is 373. The summed E-state index contributed by atoms with van der Waals surface area (Å²) in [6.45, 7) is 8.97. The first-order valence-corrected chi connectivity index (χ1v) is 5.72. The van der Waals surface area contributed by atoms with Gasteiger partial charge in [0, 0.05) is 22.5 Å². The molecule has 0 aliphatic heterocycles. The molecule has 0 atom stereocenters. The van der Waals surface area contributed by atoms with Crippen molar-refractivity contribution in [3.8, 4) is 0 Å². The number of hydrogen-bond acceptors (Lipinski definition) is 1. The molecule has 0 aromatic heterocycles. The molecule has 2 nitrogen and oxygen atoms in total. The summed E-state index contributed by atoms with van der Waals surface area (Å²) < 4.78 is 0. The van der Waals surface area contributed by atoms with E-state index in [1.54, 1.807) is 0 Å². The van der Waals surface area contributed by atoms with Gasteiger partial charge in [0.05, 0.1) is 0 Å². The standard InChI is InChI=1S/C12H16BrNO/c1-7-5-8(2)10(4)11(9(7)3)6-14-12(13)15/h5H,6H2,1-4H3,(H,14,15). The van der Waals surface area contributed by atoms with Crippen LogP contribution in [0.15, 0.2) is 6.07 Å². The van der Waals surface area contributed by atoms with Gasteiger partial charge in [-0.3, -0.25) is 4.79 Å². The van der Waals surface area contributed by atoms with E-state index in [9.17, 15) is 4.79 Å². The summed E-state index contributed by atoms with van der Waals surface area (Å²) in [5, 5.41) is 2.78. The first-order chi connectivity index (χ1) is 6.93. The van der Waals surface area contributed by atoms with Gasteiger partial charge >= 0.3 is 0 Å². The molecule has 0 fully saturated rings. The van der Waals surface area contributed by atoms with Gasteiger partial charge in [-0.1, -0.05) is 6.07 Å². The molecule has 82 valence electrons. The van der Waals surface area contributed by atoms with Gasteiger partial charge < -0.3 is 5.32 Å². The number of nitrogens with one attached hydrogen (secondary N) is 1. The lowest BCUT2D eigenvalue weighted by atomic mass is 9.94. The Balaban J connectivity index is 3.09. The molecule has 1 N–H and O–H groups in total. The Hall–Kier alpha value is -0.830. The molecule has 1 rings (SSSR count). The van der Waals surface area contributed by atoms with E-state index in [0.29, 0.717) is 6.54 Å². The first kappa shape index (κ1) is 12.2. The monoisotopic (exact) mass is 269 g/mol. The molecule has 15 heavy (non-hydrogen) atoms. The zero-order valence-electron chi connectivity index (χ0n) is 9.57. The van der Waals surface area contributed by atoms with E-state index >= 15 is 0 Å². The van der Waals surface area contributed by atoms with Crippen LogP contribution >= 0.6 is 15.9 Å². The summed E-state index contributed by atoms with van der Waals surface area (Å²) in [7, 11) is 0. The van der Waals surface area contributed by atoms with Crippen molar-refractivity contribution in [3.05, 3.63) is 33.9 Å². The van der Waals surface area contributed by atoms with Gasteiger partial charge in [-0.15, -0.1) is 0 Å². The Morgan fingerprint density at radius 3 is 2.07 bits per heavy atom. The van der Waals surface area contributed by atoms with E-state index in [2.05, 4.69) is 55.0 Å². The van der Waals surface area contributed by atoms with Gasteiger partial charge in [0.15, 0.2) is 0 Å². The molecule has 0 bridgehead atoms. The highest BCUT2D eigenvalue weighted by Gasteiger charge is 2.08. The number of carbonyl (C=O) groups excluding carboxylic acids is 1. The van der Waals surface area contributed by atoms with Gasteiger partial charge in [-0.25, -0.2) is 0 Å². The minimum Gasteiger partial charge on any atom is -0.343 e. The summed E-state index contributed by atoms with van der Waals surface area (Å²) in [6.07, 6.45) is 0. The molecule has 3 heteroatoms. The second-order valence-corrected chi connectivity index (χ2v) is 4.59. The Kier molecular flexibility index (Phi) is 3.91. The SMILES string of the molecule is Cc1cc(C)c(C)c(CNC(=O)Br)c1C. The van der Waals surface area contributed by atoms with Crippen LogP contribution in [-0.2, 0) is 6.54 Å². The van der Waals surface area contributed by atoms with Crippen LogP contribution < -0.4 is 5.32 Å². The molecule has 0 unspecified atom stereocenters. The van der Waals surface area contributed by atoms with Crippen molar-refractivity contribution in [1.29, 1.82) is 0 Å². The maximum absolute atomic E-state index is 10.8. The third-order valence-electron chi connectivity index (χ3n) is 2.93. The lowest BCUT2D eigenvalue weighted by molar-refractivity contribution is 0.261. The van der Waals surface area contributed by atoms with E-state index in [1.165, 1.54) is 27.8 Å². The topological polar surface area (TPSA) is 29.1 Å². The molecular formula is C12H16BrNO. The van der Waals surface area contributed by atoms with Crippen LogP contribution in [0.5, 0.6) is 0 Å². The van der Waals surface area contributed by atoms with Gasteiger partial charge in [-0.2, -0.15) is 0 Å². The molecule has 0 saturated carbocycles. The van der Waals surface area contributed by atoms with Crippen molar-refractivity contribution in [2.24, 2.45) is 0 Å². The molecule has 0 saturated heterocycles. The number of aryl methyl sites for hydroxylation is 2. The van der Waals surface area contributed by atoms with Crippen LogP contribution in [0.2, 0.25) is 0 Å². The van der Waals surface area contributed by atoms with Crippen LogP contribution in [0.3, 0.4) is 0 Å². The highest BCUT2D eigenvalue weighted by Crippen LogP contribution is 2.21. The normalized spacial score (nSPS) is 10.2. The highest BCUT2D eigenvalue weighted by molar-refractivity contribution is 9.18. The first-order valence-electron chi connectivity index (χ1n) is 4.93. The Morgan fingerprint density at radius 1 is 1.20 bits per heavy atom. The minimum atomic E-state index is -0.166. The van der Waals surface area contributed by atoms with Crippen molar-refractivity contribution in [1.82, 2.24) is 5.32 Å². The second kappa shape index (κ2) is 4.79. The number of halogens is 1. The quantitative estimate of drug-likeness (QED) is 0.646. The van der Waals surface area contributed by atoms with Crippen LogP contribution in [0, 0.1) is 27.7 Å². The van der Waals surface area contributed by atoms with Crippen LogP contribution in [0.25, 0.3) is 0 Å². The van der Waals surface area contributed by atoms with E-state index < -0.39 is 0 Å². The number of benzene rings is 1. The predicted octanol–water partition coefficient (Wildman–Crippen LogP) is 3.52. The maximum atomic E-state index is 10.8. The second-order valence-electron chi connectivity index (χ2n) is 3.87. The smallest absolute Gasteiger partial charge is 0.287 e. The fourth-order valence-corrected chi connectivity index (χ4v) is 1.86. The number of rotatable bonds is 2. The number of carbonyl (C=O) groups is 1. The molecule has 1 amide bonds. The van der Waals surface area contributed by atoms with Crippen LogP contribution in [0.4, 0.5) is 4.79 Å². The van der Waals surface area contributed by atoms with E-state index in [4.69, 9.17) is 0 Å². The van der Waals surface area contributed by atoms with E-state index in [-0.39, 0.29) is 4.82 Å². The lowest BCUT2D eigenvalue weighted by Crippen LogP contribution is -2.17. The average Bonchev–Trinajstić information content (AvgIpc) is 2.14. The molecule has 0 aliphatic rings. The third-order valence-corrected chi connectivity index (χ3v) is 3.21. The summed E-state index contributed by atoms with van der Waals surface area (Å²) in [6, 6.07) is 2.18. The van der Waals surface area contributed by atoms with Crippen molar-refractivity contribution in [2.45, 2.75) is 34.2 Å². The zero-order valence-corrected chi connectivity index (χ0v) is 11.2. The van der Waals surface area contributed by atoms with E-state index in [1.807, 2.05) is 0 Å². The number of amides is 1. The van der Waals surface area contributed by atoms with Crippen molar-refractivity contribution >= 4 is 20.7 Å². The van der Waals surface area contributed by atoms with Crippen molar-refractivity contribution < 1.29 is 4.79 Å². The molecule has 0 radical (unpaired) electrons. The van der Waals surface area contributed by atoms with E-state index in [0.717, 1.165) is 0 Å². The lowest BCUT2D eigenvalue weighted by Gasteiger charge is -2.15. The molecule has 0 heterocycles. The summed E-state index contributed by atoms with van der Waals surface area (Å²) in [5.74, 6) is 0. The highest BCUT2D eigenvalue weighted by atomic mass is 79.9. The summed E-state index contributed by atoms with van der Waals surface area (Å²) in [4.78, 5) is 10.6. The van der Waals surface area contributed by atoms with Crippen LogP contribution in [-0.4, -0.2) is 4.82 Å². The average molecular weight is 270 g/mol. The molecule has 0 aliphatic carbocycles. The largest absolute Gasteiger partial charge is 0.343 e. The van der Waals surface area contributed by atoms with Gasteiger partial charge in [0.1, 0.15) is 0 Å². The number of hydrogen-bond donors (Lipinski definition) is 1. The summed E-state index contributed by atoms with van der Waals surface area (Å²) >= 11 is 2.87. The maximum Gasteiger partial charge on any atom is 0.287 e. The Labute approximate surface area is 99.2 Å². The fourth-order valence-electron chi connectivity index (χ4n) is 1.72. The molecular weight excluding hydrogens is 254 g/mol. The third kappa shape index (κ3) is 2.81. The van der Waals surface area contributed by atoms with Crippen molar-refractivity contribution in [3.63, 3.8) is 0 Å². The van der Waals surface area contributed by atoms with Gasteiger partial charge in [0.25, 0.3) is 4.82 Å². The predicted molar refractivity (Wildman–Crippen MR) is 66.6 cm³/mol. The molecule has 1 aromatic carbocycles. The molecule has 0 spiro atoms. The summed E-state index contributed by atoms with van der Waals surface area (Å²) in [5.41, 5.74) is 6.30. The minimum absolute atomic E-state index is 0.166. The van der Waals surface area contributed by atoms with Crippen LogP contribution in [0.1, 0.15) is 27.8 Å². The van der Waals surface area contributed by atoms with Crippen molar-refractivity contribution in [2.75, 3.05) is 0 Å². The molecule has 1 aromatic rings. The zero-order chi connectivity index (χ0) is 11.6. The van der Waals surface area contributed by atoms with Gasteiger partial charge in [0.2, 0.25) is 0 Å². The Morgan fingerprint density at radius 2 is 1.67 bits per heavy atom. The fraction of sp³-hybridized carbons (Fsp3) is 0.417.